The van der Waals surface area contributed by atoms with Crippen LogP contribution in [0, 0.1) is 0 Å². The zero-order chi connectivity index (χ0) is 21.9. The summed E-state index contributed by atoms with van der Waals surface area (Å²) in [5, 5.41) is 11.7. The van der Waals surface area contributed by atoms with E-state index in [4.69, 9.17) is 5.11 Å². The van der Waals surface area contributed by atoms with Crippen molar-refractivity contribution >= 4 is 68.7 Å². The Labute approximate surface area is 244 Å². The number of aliphatic carboxylic acids is 1. The number of benzene rings is 2. The SMILES string of the molecule is C1=C[CH]([Zr][CH]2C=Cc3ccccc32)c2ccccc21.Cl.Cl.O=C(O)C1CCN2CCCN=C2N1.[Ga]. The van der Waals surface area contributed by atoms with Crippen LogP contribution in [0.2, 0.25) is 0 Å². The van der Waals surface area contributed by atoms with Gasteiger partial charge in [0, 0.05) is 39.4 Å². The number of fused-ring (bicyclic) bond motifs is 3. The van der Waals surface area contributed by atoms with E-state index < -0.39 is 35.2 Å². The van der Waals surface area contributed by atoms with Gasteiger partial charge in [0.2, 0.25) is 0 Å². The van der Waals surface area contributed by atoms with Gasteiger partial charge in [-0.25, -0.2) is 4.79 Å². The topological polar surface area (TPSA) is 64.9 Å². The molecule has 1 fully saturated rings. The summed E-state index contributed by atoms with van der Waals surface area (Å²) in [4.78, 5) is 17.1. The van der Waals surface area contributed by atoms with Gasteiger partial charge in [-0.15, -0.1) is 24.8 Å². The fourth-order valence-corrected chi connectivity index (χ4v) is 8.83. The van der Waals surface area contributed by atoms with Gasteiger partial charge < -0.3 is 15.3 Å². The van der Waals surface area contributed by atoms with Crippen LogP contribution in [-0.2, 0) is 28.0 Å². The summed E-state index contributed by atoms with van der Waals surface area (Å²) in [7, 11) is 0. The number of nitrogens with zero attached hydrogens (tertiary/aromatic N) is 2. The van der Waals surface area contributed by atoms with E-state index in [0.717, 1.165) is 39.3 Å². The van der Waals surface area contributed by atoms with Gasteiger partial charge in [-0.2, -0.15) is 0 Å². The van der Waals surface area contributed by atoms with Gasteiger partial charge in [0.05, 0.1) is 0 Å². The Bertz CT molecular complexity index is 1050. The number of hydrogen-bond acceptors (Lipinski definition) is 4. The molecular formula is C26H29Cl2GaN3O2Zr. The van der Waals surface area contributed by atoms with Gasteiger partial charge in [0.1, 0.15) is 6.04 Å². The first-order valence-corrected chi connectivity index (χ1v) is 14.1. The summed E-state index contributed by atoms with van der Waals surface area (Å²) in [6.07, 6.45) is 11.2. The molecule has 2 aromatic carbocycles. The standard InChI is InChI=1S/2C9H7.C8H13N3O2.2ClH.Ga.Zr/c2*1-2-5-9-7-3-6-8(9)4-1;12-7(13)6-2-5-11-4-1-3-9-8(11)10-6;;;;/h2*1-7H;6H,1-5H2,(H,9,10)(H,12,13);2*1H;;. The molecule has 0 aromatic heterocycles. The fraction of sp³-hybridized carbons (Fsp3) is 0.308. The summed E-state index contributed by atoms with van der Waals surface area (Å²) in [6.45, 7) is 2.62. The number of carbonyl (C=O) groups is 1. The van der Waals surface area contributed by atoms with Crippen LogP contribution in [0.3, 0.4) is 0 Å². The molecule has 2 aromatic rings. The normalized spacial score (nSPS) is 22.2. The van der Waals surface area contributed by atoms with E-state index in [1.807, 2.05) is 0 Å². The predicted octanol–water partition coefficient (Wildman–Crippen LogP) is 4.56. The van der Waals surface area contributed by atoms with Gasteiger partial charge in [-0.1, -0.05) is 0 Å². The molecule has 4 aliphatic rings. The minimum absolute atomic E-state index is 0. The Kier molecular flexibility index (Phi) is 11.9. The van der Waals surface area contributed by atoms with Gasteiger partial charge in [-0.05, 0) is 12.8 Å². The Morgan fingerprint density at radius 2 is 1.51 bits per heavy atom. The number of carboxylic acids is 1. The molecule has 35 heavy (non-hydrogen) atoms. The summed E-state index contributed by atoms with van der Waals surface area (Å²) < 4.78 is 1.47. The summed E-state index contributed by atoms with van der Waals surface area (Å²) in [6, 6.07) is 17.3. The maximum absolute atomic E-state index is 10.7. The number of guanidine groups is 1. The number of halogens is 2. The molecule has 2 aliphatic heterocycles. The van der Waals surface area contributed by atoms with E-state index >= 15 is 0 Å². The van der Waals surface area contributed by atoms with Crippen LogP contribution in [-0.4, -0.2) is 67.4 Å². The second-order valence-electron chi connectivity index (χ2n) is 8.47. The van der Waals surface area contributed by atoms with Crippen LogP contribution in [0.15, 0.2) is 65.7 Å². The van der Waals surface area contributed by atoms with Crippen LogP contribution in [0.5, 0.6) is 0 Å². The van der Waals surface area contributed by atoms with Crippen LogP contribution in [0.25, 0.3) is 12.2 Å². The molecule has 2 heterocycles. The first kappa shape index (κ1) is 30.0. The predicted molar refractivity (Wildman–Crippen MR) is 144 cm³/mol. The Balaban J connectivity index is 0.000000241. The van der Waals surface area contributed by atoms with Crippen molar-refractivity contribution in [1.82, 2.24) is 10.2 Å². The summed E-state index contributed by atoms with van der Waals surface area (Å²) in [5.74, 6) is -0.0159. The Hall–Kier alpha value is -1.24. The molecule has 2 N–H and O–H groups in total. The fourth-order valence-electron chi connectivity index (χ4n) is 4.69. The number of aliphatic imine (C=N–C) groups is 1. The average Bonchev–Trinajstić information content (AvgIpc) is 3.44. The number of rotatable bonds is 3. The Morgan fingerprint density at radius 3 is 2.09 bits per heavy atom. The Morgan fingerprint density at radius 1 is 0.943 bits per heavy atom. The number of carboxylic acid groups (broad SMARTS) is 1. The molecule has 3 atom stereocenters. The molecule has 6 rings (SSSR count). The molecule has 0 saturated carbocycles. The summed E-state index contributed by atoms with van der Waals surface area (Å²) in [5.41, 5.74) is 5.99. The first-order chi connectivity index (χ1) is 15.7. The second-order valence-corrected chi connectivity index (χ2v) is 12.3. The molecule has 3 unspecified atom stereocenters. The molecule has 1 saturated heterocycles. The van der Waals surface area contributed by atoms with Gasteiger partial charge in [0.15, 0.2) is 5.96 Å². The molecule has 5 nitrogen and oxygen atoms in total. The van der Waals surface area contributed by atoms with Crippen molar-refractivity contribution in [3.8, 4) is 0 Å². The van der Waals surface area contributed by atoms with Crippen LogP contribution < -0.4 is 5.32 Å². The molecule has 2 aliphatic carbocycles. The number of hydrogen-bond donors (Lipinski definition) is 2. The smallest absolute Gasteiger partial charge is 0.326 e. The molecule has 0 spiro atoms. The monoisotopic (exact) mass is 644 g/mol. The van der Waals surface area contributed by atoms with E-state index in [2.05, 4.69) is 88.0 Å². The summed E-state index contributed by atoms with van der Waals surface area (Å²) >= 11 is -0.542. The molecule has 181 valence electrons. The van der Waals surface area contributed by atoms with Gasteiger partial charge in [0.25, 0.3) is 0 Å². The van der Waals surface area contributed by atoms with Crippen LogP contribution >= 0.6 is 24.8 Å². The van der Waals surface area contributed by atoms with Crippen molar-refractivity contribution in [2.24, 2.45) is 4.99 Å². The minimum Gasteiger partial charge on any atom is -0.480 e. The van der Waals surface area contributed by atoms with E-state index in [-0.39, 0.29) is 44.6 Å². The quantitative estimate of drug-likeness (QED) is 0.480. The molecule has 0 bridgehead atoms. The third-order valence-electron chi connectivity index (χ3n) is 6.39. The largest absolute Gasteiger partial charge is 0.480 e. The third kappa shape index (κ3) is 6.95. The zero-order valence-electron chi connectivity index (χ0n) is 19.3. The number of allylic oxidation sites excluding steroid dienone is 2. The molecule has 0 amide bonds. The molecule has 9 heteroatoms. The van der Waals surface area contributed by atoms with Crippen molar-refractivity contribution in [2.45, 2.75) is 26.1 Å². The van der Waals surface area contributed by atoms with Crippen molar-refractivity contribution in [2.75, 3.05) is 19.6 Å². The van der Waals surface area contributed by atoms with E-state index in [9.17, 15) is 4.79 Å². The van der Waals surface area contributed by atoms with Gasteiger partial charge >= 0.3 is 132 Å². The maximum atomic E-state index is 10.7. The van der Waals surface area contributed by atoms with E-state index in [1.165, 1.54) is 11.1 Å². The van der Waals surface area contributed by atoms with Crippen molar-refractivity contribution in [3.63, 3.8) is 0 Å². The number of nitrogens with one attached hydrogen (secondary N) is 1. The van der Waals surface area contributed by atoms with E-state index in [0.29, 0.717) is 6.42 Å². The van der Waals surface area contributed by atoms with Crippen molar-refractivity contribution in [3.05, 3.63) is 82.9 Å². The van der Waals surface area contributed by atoms with Crippen LogP contribution in [0.1, 0.15) is 42.3 Å². The van der Waals surface area contributed by atoms with Crippen molar-refractivity contribution in [1.29, 1.82) is 0 Å². The third-order valence-corrected chi connectivity index (χ3v) is 10.6. The molecular weight excluding hydrogens is 618 g/mol. The van der Waals surface area contributed by atoms with E-state index in [1.54, 1.807) is 11.1 Å². The first-order valence-electron chi connectivity index (χ1n) is 11.3. The van der Waals surface area contributed by atoms with Crippen LogP contribution in [0.4, 0.5) is 0 Å². The minimum atomic E-state index is -0.784. The second kappa shape index (κ2) is 13.9. The van der Waals surface area contributed by atoms with Gasteiger partial charge in [-0.3, -0.25) is 4.99 Å². The van der Waals surface area contributed by atoms with Crippen molar-refractivity contribution < 1.29 is 33.1 Å². The maximum Gasteiger partial charge on any atom is 0.326 e. The molecule has 3 radical (unpaired) electrons. The zero-order valence-corrected chi connectivity index (χ0v) is 25.9. The average molecular weight is 647 g/mol.